The SMILES string of the molecule is C[C@@H]1Oc2ccccc2O[C@H]1C(=O)N1CCN(c2ncccn2)CC1. The second kappa shape index (κ2) is 6.58. The third-order valence-corrected chi connectivity index (χ3v) is 4.51. The number of hydrogen-bond acceptors (Lipinski definition) is 6. The molecule has 130 valence electrons. The minimum atomic E-state index is -0.616. The Balaban J connectivity index is 1.41. The summed E-state index contributed by atoms with van der Waals surface area (Å²) in [4.78, 5) is 25.3. The number of carbonyl (C=O) groups excluding carboxylic acids is 1. The lowest BCUT2D eigenvalue weighted by Gasteiger charge is -2.38. The minimum Gasteiger partial charge on any atom is -0.482 e. The van der Waals surface area contributed by atoms with Crippen molar-refractivity contribution >= 4 is 11.9 Å². The molecule has 2 atom stereocenters. The Labute approximate surface area is 146 Å². The van der Waals surface area contributed by atoms with E-state index >= 15 is 0 Å². The Kier molecular flexibility index (Phi) is 4.13. The summed E-state index contributed by atoms with van der Waals surface area (Å²) < 4.78 is 11.8. The molecule has 0 N–H and O–H groups in total. The number of hydrogen-bond donors (Lipinski definition) is 0. The Morgan fingerprint density at radius 1 is 1.00 bits per heavy atom. The minimum absolute atomic E-state index is 0.0318. The van der Waals surface area contributed by atoms with Crippen LogP contribution in [0.2, 0.25) is 0 Å². The van der Waals surface area contributed by atoms with Gasteiger partial charge in [0.15, 0.2) is 11.5 Å². The van der Waals surface area contributed by atoms with Crippen LogP contribution in [0.3, 0.4) is 0 Å². The zero-order chi connectivity index (χ0) is 17.2. The number of rotatable bonds is 2. The first-order valence-electron chi connectivity index (χ1n) is 8.45. The molecule has 0 bridgehead atoms. The summed E-state index contributed by atoms with van der Waals surface area (Å²) in [7, 11) is 0. The summed E-state index contributed by atoms with van der Waals surface area (Å²) in [5, 5.41) is 0. The fourth-order valence-electron chi connectivity index (χ4n) is 3.15. The van der Waals surface area contributed by atoms with Crippen LogP contribution in [-0.4, -0.2) is 59.2 Å². The largest absolute Gasteiger partial charge is 0.482 e. The maximum absolute atomic E-state index is 12.9. The van der Waals surface area contributed by atoms with Crippen molar-refractivity contribution in [2.45, 2.75) is 19.1 Å². The molecule has 0 aliphatic carbocycles. The lowest BCUT2D eigenvalue weighted by molar-refractivity contribution is -0.144. The highest BCUT2D eigenvalue weighted by atomic mass is 16.6. The van der Waals surface area contributed by atoms with E-state index in [1.54, 1.807) is 18.5 Å². The van der Waals surface area contributed by atoms with Gasteiger partial charge in [0.05, 0.1) is 0 Å². The first kappa shape index (κ1) is 15.7. The van der Waals surface area contributed by atoms with Gasteiger partial charge in [0.2, 0.25) is 12.1 Å². The molecule has 1 aromatic heterocycles. The zero-order valence-corrected chi connectivity index (χ0v) is 14.0. The number of anilines is 1. The van der Waals surface area contributed by atoms with E-state index in [0.29, 0.717) is 43.6 Å². The number of fused-ring (bicyclic) bond motifs is 1. The van der Waals surface area contributed by atoms with Crippen LogP contribution in [-0.2, 0) is 4.79 Å². The summed E-state index contributed by atoms with van der Waals surface area (Å²) in [6, 6.07) is 9.24. The van der Waals surface area contributed by atoms with Gasteiger partial charge in [-0.25, -0.2) is 9.97 Å². The van der Waals surface area contributed by atoms with Gasteiger partial charge in [-0.15, -0.1) is 0 Å². The van der Waals surface area contributed by atoms with E-state index in [1.165, 1.54) is 0 Å². The van der Waals surface area contributed by atoms with Crippen LogP contribution in [0.5, 0.6) is 11.5 Å². The molecule has 2 aliphatic rings. The third-order valence-electron chi connectivity index (χ3n) is 4.51. The third kappa shape index (κ3) is 3.09. The number of aromatic nitrogens is 2. The molecule has 1 saturated heterocycles. The number of carbonyl (C=O) groups is 1. The lowest BCUT2D eigenvalue weighted by atomic mass is 10.1. The van der Waals surface area contributed by atoms with Crippen molar-refractivity contribution in [3.63, 3.8) is 0 Å². The van der Waals surface area contributed by atoms with E-state index in [0.717, 1.165) is 0 Å². The maximum Gasteiger partial charge on any atom is 0.267 e. The Morgan fingerprint density at radius 3 is 2.32 bits per heavy atom. The van der Waals surface area contributed by atoms with Crippen LogP contribution in [0.25, 0.3) is 0 Å². The average molecular weight is 340 g/mol. The van der Waals surface area contributed by atoms with Crippen molar-refractivity contribution in [2.75, 3.05) is 31.1 Å². The molecule has 2 aliphatic heterocycles. The average Bonchev–Trinajstić information content (AvgIpc) is 2.68. The highest BCUT2D eigenvalue weighted by Gasteiger charge is 2.37. The van der Waals surface area contributed by atoms with Crippen molar-refractivity contribution in [1.82, 2.24) is 14.9 Å². The monoisotopic (exact) mass is 340 g/mol. The van der Waals surface area contributed by atoms with Gasteiger partial charge in [-0.3, -0.25) is 4.79 Å². The summed E-state index contributed by atoms with van der Waals surface area (Å²) in [6.45, 7) is 4.51. The molecular weight excluding hydrogens is 320 g/mol. The van der Waals surface area contributed by atoms with Crippen molar-refractivity contribution in [3.05, 3.63) is 42.7 Å². The van der Waals surface area contributed by atoms with Crippen LogP contribution in [0, 0.1) is 0 Å². The second-order valence-corrected chi connectivity index (χ2v) is 6.17. The molecule has 0 spiro atoms. The molecule has 25 heavy (non-hydrogen) atoms. The summed E-state index contributed by atoms with van der Waals surface area (Å²) in [5.74, 6) is 1.98. The van der Waals surface area contributed by atoms with Crippen molar-refractivity contribution < 1.29 is 14.3 Å². The van der Waals surface area contributed by atoms with Crippen molar-refractivity contribution in [3.8, 4) is 11.5 Å². The van der Waals surface area contributed by atoms with E-state index in [-0.39, 0.29) is 12.0 Å². The fraction of sp³-hybridized carbons (Fsp3) is 0.389. The maximum atomic E-state index is 12.9. The molecule has 4 rings (SSSR count). The van der Waals surface area contributed by atoms with Crippen LogP contribution in [0.4, 0.5) is 5.95 Å². The van der Waals surface area contributed by atoms with Crippen molar-refractivity contribution in [2.24, 2.45) is 0 Å². The Bertz CT molecular complexity index is 747. The van der Waals surface area contributed by atoms with E-state index in [2.05, 4.69) is 14.9 Å². The molecule has 3 heterocycles. The standard InChI is InChI=1S/C18H20N4O3/c1-13-16(25-15-6-3-2-5-14(15)24-13)17(23)21-9-11-22(12-10-21)18-19-7-4-8-20-18/h2-8,13,16H,9-12H2,1H3/t13-,16+/m0/s1. The highest BCUT2D eigenvalue weighted by Crippen LogP contribution is 2.34. The number of amides is 1. The zero-order valence-electron chi connectivity index (χ0n) is 14.0. The van der Waals surface area contributed by atoms with E-state index < -0.39 is 6.10 Å². The summed E-state index contributed by atoms with van der Waals surface area (Å²) in [6.07, 6.45) is 2.52. The number of para-hydroxylation sites is 2. The van der Waals surface area contributed by atoms with Gasteiger partial charge in [-0.05, 0) is 25.1 Å². The van der Waals surface area contributed by atoms with E-state index in [4.69, 9.17) is 9.47 Å². The van der Waals surface area contributed by atoms with Crippen LogP contribution >= 0.6 is 0 Å². The van der Waals surface area contributed by atoms with Crippen LogP contribution < -0.4 is 14.4 Å². The second-order valence-electron chi connectivity index (χ2n) is 6.17. The first-order valence-corrected chi connectivity index (χ1v) is 8.45. The molecule has 7 nitrogen and oxygen atoms in total. The molecule has 1 fully saturated rings. The fourth-order valence-corrected chi connectivity index (χ4v) is 3.15. The topological polar surface area (TPSA) is 67.8 Å². The van der Waals surface area contributed by atoms with Gasteiger partial charge in [-0.1, -0.05) is 12.1 Å². The van der Waals surface area contributed by atoms with Crippen LogP contribution in [0.1, 0.15) is 6.92 Å². The Hall–Kier alpha value is -2.83. The van der Waals surface area contributed by atoms with Gasteiger partial charge in [0, 0.05) is 38.6 Å². The predicted octanol–water partition coefficient (Wildman–Crippen LogP) is 1.35. The smallest absolute Gasteiger partial charge is 0.267 e. The number of ether oxygens (including phenoxy) is 2. The van der Waals surface area contributed by atoms with E-state index in [9.17, 15) is 4.79 Å². The Morgan fingerprint density at radius 2 is 1.64 bits per heavy atom. The number of benzene rings is 1. The van der Waals surface area contributed by atoms with Gasteiger partial charge in [0.1, 0.15) is 6.10 Å². The molecular formula is C18H20N4O3. The molecule has 2 aromatic rings. The lowest BCUT2D eigenvalue weighted by Crippen LogP contribution is -2.56. The molecule has 0 saturated carbocycles. The highest BCUT2D eigenvalue weighted by molar-refractivity contribution is 5.82. The molecule has 1 amide bonds. The number of piperazine rings is 1. The van der Waals surface area contributed by atoms with Gasteiger partial charge >= 0.3 is 0 Å². The normalized spacial score (nSPS) is 22.6. The van der Waals surface area contributed by atoms with E-state index in [1.807, 2.05) is 36.1 Å². The van der Waals surface area contributed by atoms with Gasteiger partial charge in [-0.2, -0.15) is 0 Å². The molecule has 0 radical (unpaired) electrons. The van der Waals surface area contributed by atoms with Gasteiger partial charge in [0.25, 0.3) is 5.91 Å². The molecule has 7 heteroatoms. The molecule has 1 aromatic carbocycles. The first-order chi connectivity index (χ1) is 12.2. The van der Waals surface area contributed by atoms with Gasteiger partial charge < -0.3 is 19.3 Å². The molecule has 0 unspecified atom stereocenters. The van der Waals surface area contributed by atoms with Crippen molar-refractivity contribution in [1.29, 1.82) is 0 Å². The summed E-state index contributed by atoms with van der Waals surface area (Å²) in [5.41, 5.74) is 0. The summed E-state index contributed by atoms with van der Waals surface area (Å²) >= 11 is 0. The number of nitrogens with zero attached hydrogens (tertiary/aromatic N) is 4. The predicted molar refractivity (Wildman–Crippen MR) is 91.8 cm³/mol. The van der Waals surface area contributed by atoms with Crippen LogP contribution in [0.15, 0.2) is 42.7 Å². The quantitative estimate of drug-likeness (QED) is 0.822.